The Labute approximate surface area is 103 Å². The van der Waals surface area contributed by atoms with Gasteiger partial charge < -0.3 is 4.74 Å². The number of rotatable bonds is 6. The quantitative estimate of drug-likeness (QED) is 0.309. The van der Waals surface area contributed by atoms with Crippen LogP contribution in [-0.2, 0) is 4.74 Å². The summed E-state index contributed by atoms with van der Waals surface area (Å²) in [6.45, 7) is 11.3. The molecule has 1 saturated heterocycles. The van der Waals surface area contributed by atoms with Gasteiger partial charge in [0.05, 0.1) is 0 Å². The van der Waals surface area contributed by atoms with Crippen LogP contribution in [-0.4, -0.2) is 13.4 Å². The zero-order chi connectivity index (χ0) is 12.0. The van der Waals surface area contributed by atoms with Gasteiger partial charge >= 0.3 is 0 Å². The smallest absolute Gasteiger partial charge is 0.106 e. The molecule has 0 aromatic rings. The maximum atomic E-state index is 5.83. The zero-order valence-electron chi connectivity index (χ0n) is 12.1. The fourth-order valence-corrected chi connectivity index (χ4v) is 2.58. The third-order valence-corrected chi connectivity index (χ3v) is 4.12. The summed E-state index contributed by atoms with van der Waals surface area (Å²) in [5.74, 6) is 2.09. The van der Waals surface area contributed by atoms with Gasteiger partial charge in [-0.15, -0.1) is 12.2 Å². The minimum absolute atomic E-state index is 0. The van der Waals surface area contributed by atoms with Crippen LogP contribution in [0.4, 0.5) is 0 Å². The topological polar surface area (TPSA) is 9.23 Å². The molecular weight excluding hydrogens is 462 g/mol. The summed E-state index contributed by atoms with van der Waals surface area (Å²) in [5, 5.41) is 0. The van der Waals surface area contributed by atoms with E-state index in [-0.39, 0.29) is 0 Å². The first-order valence-electron chi connectivity index (χ1n) is 7.01. The Morgan fingerprint density at radius 3 is 2.47 bits per heavy atom. The van der Waals surface area contributed by atoms with Crippen LogP contribution in [0.15, 0.2) is 0 Å². The Kier molecular flexibility index (Phi) is 7.70. The van der Waals surface area contributed by atoms with Gasteiger partial charge in [0.25, 0.3) is 0 Å². The minimum Gasteiger partial charge on any atom is -0.549 e. The summed E-state index contributed by atoms with van der Waals surface area (Å²) < 4.78 is 5.83. The maximum absolute atomic E-state index is 5.83. The van der Waals surface area contributed by atoms with Crippen molar-refractivity contribution in [3.63, 3.8) is 0 Å². The van der Waals surface area contributed by atoms with Crippen molar-refractivity contribution < 1.29 is 4.74 Å². The average Bonchev–Trinajstić information content (AvgIpc) is 2.30. The summed E-state index contributed by atoms with van der Waals surface area (Å²) >= 11 is 0. The van der Waals surface area contributed by atoms with Crippen molar-refractivity contribution in [3.8, 4) is 0 Å². The normalized spacial score (nSPS) is 32.9. The molecule has 0 aromatic heterocycles. The summed E-state index contributed by atoms with van der Waals surface area (Å²) in [4.78, 5) is 0. The number of hydrogen-bond acceptors (Lipinski definition) is 1. The molecule has 0 spiro atoms. The van der Waals surface area contributed by atoms with Crippen LogP contribution >= 0.6 is 0 Å². The van der Waals surface area contributed by atoms with E-state index < -0.39 is 0 Å². The third-order valence-electron chi connectivity index (χ3n) is 4.12. The molecule has 4 atom stereocenters. The Balaban J connectivity index is 0.00000256. The van der Waals surface area contributed by atoms with E-state index >= 15 is 0 Å². The average molecular weight is 489 g/mol. The van der Waals surface area contributed by atoms with Crippen molar-refractivity contribution in [1.82, 2.24) is 0 Å². The van der Waals surface area contributed by atoms with Crippen molar-refractivity contribution in [3.05, 3.63) is 6.61 Å². The second-order valence-corrected chi connectivity index (χ2v) is 5.27. The molecule has 1 nitrogen and oxygen atoms in total. The minimum atomic E-state index is 0. The Hall–Kier alpha value is -0.975. The standard InChI is InChI=1S/C14H27BO.Rf/c1-5-7-8-15-9-13-10-16-14(6-2)12(4)11(13)3;/h10-14H,5-9H2,1-4H3;/q-1;. The van der Waals surface area contributed by atoms with Gasteiger partial charge in [-0.05, 0) is 12.3 Å². The van der Waals surface area contributed by atoms with E-state index in [1.807, 2.05) is 0 Å². The molecule has 1 aliphatic heterocycles. The molecule has 17 heavy (non-hydrogen) atoms. The van der Waals surface area contributed by atoms with Gasteiger partial charge in [0.15, 0.2) is 0 Å². The van der Waals surface area contributed by atoms with Gasteiger partial charge in [-0.25, -0.2) is 6.61 Å². The molecule has 0 aliphatic carbocycles. The number of unbranched alkanes of at least 4 members (excludes halogenated alkanes) is 1. The Morgan fingerprint density at radius 1 is 1.18 bits per heavy atom. The molecule has 3 heteroatoms. The van der Waals surface area contributed by atoms with E-state index in [9.17, 15) is 0 Å². The molecule has 4 unspecified atom stereocenters. The van der Waals surface area contributed by atoms with Crippen LogP contribution < -0.4 is 0 Å². The molecular formula is C14H27BORf-. The second-order valence-electron chi connectivity index (χ2n) is 5.27. The molecule has 95 valence electrons. The maximum Gasteiger partial charge on any atom is 0.106 e. The van der Waals surface area contributed by atoms with E-state index in [1.165, 1.54) is 25.5 Å². The predicted molar refractivity (Wildman–Crippen MR) is 71.6 cm³/mol. The second kappa shape index (κ2) is 8.17. The fourth-order valence-electron chi connectivity index (χ4n) is 2.58. The van der Waals surface area contributed by atoms with Crippen LogP contribution in [0.1, 0.15) is 47.0 Å². The molecule has 0 saturated carbocycles. The summed E-state index contributed by atoms with van der Waals surface area (Å²) in [6.07, 6.45) is 6.66. The number of hydrogen-bond donors (Lipinski definition) is 0. The molecule has 1 radical (unpaired) electrons. The summed E-state index contributed by atoms with van der Waals surface area (Å²) in [6, 6.07) is 0. The molecule has 0 N–H and O–H groups in total. The van der Waals surface area contributed by atoms with Gasteiger partial charge in [-0.2, -0.15) is 0 Å². The molecule has 1 heterocycles. The SMILES string of the molecule is CCCC[B]CC1[CH-]OC(CC)C(C)C1C.[Rf]. The van der Waals surface area contributed by atoms with Crippen molar-refractivity contribution in [1.29, 1.82) is 0 Å². The van der Waals surface area contributed by atoms with Crippen LogP contribution in [0.3, 0.4) is 0 Å². The van der Waals surface area contributed by atoms with Gasteiger partial charge in [-0.1, -0.05) is 52.8 Å². The Morgan fingerprint density at radius 2 is 1.88 bits per heavy atom. The third kappa shape index (κ3) is 4.42. The zero-order valence-corrected chi connectivity index (χ0v) is 18.5. The van der Waals surface area contributed by atoms with E-state index in [4.69, 9.17) is 4.74 Å². The van der Waals surface area contributed by atoms with Crippen LogP contribution in [0.5, 0.6) is 0 Å². The molecule has 1 aliphatic rings. The van der Waals surface area contributed by atoms with E-state index in [0.717, 1.165) is 12.3 Å². The van der Waals surface area contributed by atoms with E-state index in [2.05, 4.69) is 41.6 Å². The number of ether oxygens (including phenoxy) is 1. The largest absolute Gasteiger partial charge is 0.549 e. The van der Waals surface area contributed by atoms with Crippen molar-refractivity contribution in [2.75, 3.05) is 0 Å². The van der Waals surface area contributed by atoms with Crippen LogP contribution in [0.25, 0.3) is 0 Å². The predicted octanol–water partition coefficient (Wildman–Crippen LogP) is 4.19. The van der Waals surface area contributed by atoms with Crippen molar-refractivity contribution in [2.45, 2.75) is 65.7 Å². The Bertz CT molecular complexity index is 189. The first-order chi connectivity index (χ1) is 7.70. The van der Waals surface area contributed by atoms with Crippen LogP contribution in [0, 0.1) is 24.4 Å². The molecule has 0 bridgehead atoms. The van der Waals surface area contributed by atoms with Gasteiger partial charge in [-0.3, -0.25) is 0 Å². The first-order valence-corrected chi connectivity index (χ1v) is 7.01. The monoisotopic (exact) mass is 489 g/mol. The van der Waals surface area contributed by atoms with Gasteiger partial charge in [0.1, 0.15) is 7.28 Å². The van der Waals surface area contributed by atoms with Crippen molar-refractivity contribution in [2.24, 2.45) is 17.8 Å². The van der Waals surface area contributed by atoms with Gasteiger partial charge in [0.2, 0.25) is 0 Å². The van der Waals surface area contributed by atoms with E-state index in [0.29, 0.717) is 17.9 Å². The van der Waals surface area contributed by atoms with Crippen molar-refractivity contribution >= 4 is 7.28 Å². The summed E-state index contributed by atoms with van der Waals surface area (Å²) in [7, 11) is 2.45. The van der Waals surface area contributed by atoms with E-state index in [1.54, 1.807) is 0 Å². The first kappa shape index (κ1) is 16.0. The van der Waals surface area contributed by atoms with Crippen LogP contribution in [0.2, 0.25) is 12.6 Å². The van der Waals surface area contributed by atoms with Gasteiger partial charge in [0, 0.05) is 6.10 Å². The fraction of sp³-hybridized carbons (Fsp3) is 0.929. The molecule has 0 amide bonds. The molecule has 1 fully saturated rings. The molecule has 0 aromatic carbocycles. The summed E-state index contributed by atoms with van der Waals surface area (Å²) in [5.41, 5.74) is 0. The molecule has 1 rings (SSSR count).